The molecule has 0 saturated carbocycles. The summed E-state index contributed by atoms with van der Waals surface area (Å²) >= 11 is 5.75. The highest BCUT2D eigenvalue weighted by atomic mass is 35.5. The second-order valence-corrected chi connectivity index (χ2v) is 11.2. The number of sulfonamides is 1. The van der Waals surface area contributed by atoms with Gasteiger partial charge in [0, 0.05) is 13.6 Å². The number of carbonyl (C=O) groups is 4. The molecule has 0 bridgehead atoms. The fourth-order valence-corrected chi connectivity index (χ4v) is 4.98. The van der Waals surface area contributed by atoms with Crippen LogP contribution in [0.15, 0.2) is 29.2 Å². The largest absolute Gasteiger partial charge is 0.472 e. The number of nitrogens with zero attached hydrogens (tertiary/aromatic N) is 2. The number of urea groups is 2. The Hall–Kier alpha value is -2.86. The van der Waals surface area contributed by atoms with Gasteiger partial charge in [0.25, 0.3) is 21.8 Å². The van der Waals surface area contributed by atoms with E-state index >= 15 is 0 Å². The molecule has 1 atom stereocenters. The molecule has 212 valence electrons. The SMILES string of the molecule is CCCCCCCCCCCCNC(=O)NS(=O)(=O)c1ccc(OCN2C(=O)C(Cl)C(=O)N(C)C2=O)cc1. The number of halogens is 1. The van der Waals surface area contributed by atoms with Crippen LogP contribution in [0, 0.1) is 0 Å². The third kappa shape index (κ3) is 9.46. The Labute approximate surface area is 229 Å². The second-order valence-electron chi connectivity index (χ2n) is 9.10. The van der Waals surface area contributed by atoms with Crippen molar-refractivity contribution in [1.29, 1.82) is 0 Å². The predicted octanol–water partition coefficient (Wildman–Crippen LogP) is 3.96. The molecule has 11 nitrogen and oxygen atoms in total. The fourth-order valence-electron chi connectivity index (χ4n) is 3.79. The lowest BCUT2D eigenvalue weighted by Crippen LogP contribution is -2.60. The van der Waals surface area contributed by atoms with E-state index in [-0.39, 0.29) is 10.6 Å². The summed E-state index contributed by atoms with van der Waals surface area (Å²) < 4.78 is 32.3. The molecule has 1 fully saturated rings. The number of hydrogen-bond acceptors (Lipinski definition) is 7. The minimum atomic E-state index is -4.11. The molecule has 1 aromatic rings. The summed E-state index contributed by atoms with van der Waals surface area (Å²) in [4.78, 5) is 49.2. The number of carbonyl (C=O) groups excluding carboxylic acids is 4. The molecule has 2 N–H and O–H groups in total. The first-order valence-corrected chi connectivity index (χ1v) is 14.8. The smallest absolute Gasteiger partial charge is 0.336 e. The molecule has 6 amide bonds. The zero-order chi connectivity index (χ0) is 28.1. The first-order valence-electron chi connectivity index (χ1n) is 12.9. The van der Waals surface area contributed by atoms with Crippen LogP contribution < -0.4 is 14.8 Å². The van der Waals surface area contributed by atoms with Crippen molar-refractivity contribution in [3.05, 3.63) is 24.3 Å². The Kier molecular flexibility index (Phi) is 12.8. The van der Waals surface area contributed by atoms with Crippen molar-refractivity contribution in [1.82, 2.24) is 19.8 Å². The van der Waals surface area contributed by atoms with Gasteiger partial charge in [-0.05, 0) is 30.7 Å². The number of alkyl halides is 1. The van der Waals surface area contributed by atoms with Crippen LogP contribution in [0.3, 0.4) is 0 Å². The van der Waals surface area contributed by atoms with Crippen molar-refractivity contribution in [2.24, 2.45) is 0 Å². The van der Waals surface area contributed by atoms with Crippen molar-refractivity contribution >= 4 is 45.5 Å². The van der Waals surface area contributed by atoms with Gasteiger partial charge in [0.15, 0.2) is 12.1 Å². The Morgan fingerprint density at radius 3 is 2.05 bits per heavy atom. The summed E-state index contributed by atoms with van der Waals surface area (Å²) in [5.41, 5.74) is 0. The highest BCUT2D eigenvalue weighted by Crippen LogP contribution is 2.19. The normalized spacial score (nSPS) is 16.1. The minimum absolute atomic E-state index is 0.153. The van der Waals surface area contributed by atoms with Gasteiger partial charge in [-0.25, -0.2) is 27.6 Å². The van der Waals surface area contributed by atoms with E-state index in [0.717, 1.165) is 19.3 Å². The summed E-state index contributed by atoms with van der Waals surface area (Å²) in [6.07, 6.45) is 11.6. The van der Waals surface area contributed by atoms with Crippen LogP contribution in [0.1, 0.15) is 71.1 Å². The molecular weight excluding hydrogens is 536 g/mol. The molecule has 0 aromatic heterocycles. The molecule has 0 spiro atoms. The lowest BCUT2D eigenvalue weighted by atomic mass is 10.1. The van der Waals surface area contributed by atoms with E-state index in [4.69, 9.17) is 16.3 Å². The Morgan fingerprint density at radius 1 is 0.921 bits per heavy atom. The van der Waals surface area contributed by atoms with Crippen LogP contribution in [0.25, 0.3) is 0 Å². The maximum atomic E-state index is 12.5. The van der Waals surface area contributed by atoms with Gasteiger partial charge in [-0.2, -0.15) is 0 Å². The lowest BCUT2D eigenvalue weighted by Gasteiger charge is -2.32. The van der Waals surface area contributed by atoms with Crippen molar-refractivity contribution < 1.29 is 32.3 Å². The first-order chi connectivity index (χ1) is 18.1. The molecule has 1 aliphatic rings. The summed E-state index contributed by atoms with van der Waals surface area (Å²) in [7, 11) is -2.92. The van der Waals surface area contributed by atoms with Gasteiger partial charge >= 0.3 is 12.1 Å². The van der Waals surface area contributed by atoms with E-state index < -0.39 is 46.0 Å². The number of hydrogen-bond donors (Lipinski definition) is 2. The quantitative estimate of drug-likeness (QED) is 0.173. The number of unbranched alkanes of at least 4 members (excludes halogenated alkanes) is 9. The van der Waals surface area contributed by atoms with Gasteiger partial charge in [0.1, 0.15) is 5.75 Å². The second kappa shape index (κ2) is 15.5. The molecule has 1 aliphatic heterocycles. The molecule has 13 heteroatoms. The van der Waals surface area contributed by atoms with Crippen LogP contribution in [0.2, 0.25) is 0 Å². The van der Waals surface area contributed by atoms with Crippen molar-refractivity contribution in [3.63, 3.8) is 0 Å². The zero-order valence-electron chi connectivity index (χ0n) is 21.9. The standard InChI is InChI=1S/C25H37ClN4O7S/c1-3-4-5-6-7-8-9-10-11-12-17-27-24(33)28-38(35,36)20-15-13-19(14-16-20)37-18-30-23(32)21(26)22(31)29(2)25(30)34/h13-16,21H,3-12,17-18H2,1-2H3,(H2,27,28,33). The number of rotatable bonds is 16. The van der Waals surface area contributed by atoms with Gasteiger partial charge in [0.05, 0.1) is 4.90 Å². The van der Waals surface area contributed by atoms with Crippen LogP contribution in [-0.4, -0.2) is 67.8 Å². The van der Waals surface area contributed by atoms with E-state index in [2.05, 4.69) is 12.2 Å². The highest BCUT2D eigenvalue weighted by Gasteiger charge is 2.43. The summed E-state index contributed by atoms with van der Waals surface area (Å²) in [6, 6.07) is 3.35. The van der Waals surface area contributed by atoms with Gasteiger partial charge in [-0.3, -0.25) is 14.5 Å². The van der Waals surface area contributed by atoms with Gasteiger partial charge in [-0.1, -0.05) is 64.7 Å². The first kappa shape index (κ1) is 31.4. The Balaban J connectivity index is 1.71. The van der Waals surface area contributed by atoms with E-state index in [1.54, 1.807) is 0 Å². The fraction of sp³-hybridized carbons (Fsp3) is 0.600. The van der Waals surface area contributed by atoms with Gasteiger partial charge in [-0.15, -0.1) is 11.6 Å². The summed E-state index contributed by atoms with van der Waals surface area (Å²) in [5.74, 6) is -1.58. The summed E-state index contributed by atoms with van der Waals surface area (Å²) in [6.45, 7) is 2.06. The topological polar surface area (TPSA) is 142 Å². The van der Waals surface area contributed by atoms with Crippen LogP contribution in [-0.2, 0) is 19.6 Å². The molecule has 2 rings (SSSR count). The van der Waals surface area contributed by atoms with E-state index in [1.165, 1.54) is 76.3 Å². The van der Waals surface area contributed by atoms with Crippen LogP contribution in [0.4, 0.5) is 9.59 Å². The zero-order valence-corrected chi connectivity index (χ0v) is 23.5. The van der Waals surface area contributed by atoms with Crippen LogP contribution >= 0.6 is 11.6 Å². The van der Waals surface area contributed by atoms with E-state index in [1.807, 2.05) is 4.72 Å². The Bertz CT molecular complexity index is 1040. The molecule has 1 unspecified atom stereocenters. The molecule has 0 aliphatic carbocycles. The molecule has 38 heavy (non-hydrogen) atoms. The molecule has 0 radical (unpaired) electrons. The Morgan fingerprint density at radius 2 is 1.47 bits per heavy atom. The van der Waals surface area contributed by atoms with E-state index in [0.29, 0.717) is 16.3 Å². The highest BCUT2D eigenvalue weighted by molar-refractivity contribution is 7.90. The van der Waals surface area contributed by atoms with Crippen molar-refractivity contribution in [2.45, 2.75) is 81.4 Å². The minimum Gasteiger partial charge on any atom is -0.472 e. The van der Waals surface area contributed by atoms with Gasteiger partial charge < -0.3 is 10.1 Å². The summed E-state index contributed by atoms with van der Waals surface area (Å²) in [5, 5.41) is 1.03. The maximum absolute atomic E-state index is 12.5. The number of barbiturate groups is 1. The number of nitrogens with one attached hydrogen (secondary N) is 2. The number of imide groups is 2. The number of benzene rings is 1. The van der Waals surface area contributed by atoms with Gasteiger partial charge in [0.2, 0.25) is 0 Å². The molecule has 1 aromatic carbocycles. The van der Waals surface area contributed by atoms with Crippen LogP contribution in [0.5, 0.6) is 5.75 Å². The van der Waals surface area contributed by atoms with Crippen molar-refractivity contribution in [3.8, 4) is 5.75 Å². The average molecular weight is 573 g/mol. The average Bonchev–Trinajstić information content (AvgIpc) is 2.89. The third-order valence-corrected chi connectivity index (χ3v) is 7.81. The predicted molar refractivity (Wildman–Crippen MR) is 142 cm³/mol. The van der Waals surface area contributed by atoms with Crippen molar-refractivity contribution in [2.75, 3.05) is 20.3 Å². The number of ether oxygens (including phenoxy) is 1. The molecule has 1 saturated heterocycles. The maximum Gasteiger partial charge on any atom is 0.336 e. The molecule has 1 heterocycles. The number of amides is 6. The third-order valence-electron chi connectivity index (χ3n) is 6.09. The molecular formula is C25H37ClN4O7S. The van der Waals surface area contributed by atoms with E-state index in [9.17, 15) is 27.6 Å². The lowest BCUT2D eigenvalue weighted by molar-refractivity contribution is -0.142. The monoisotopic (exact) mass is 572 g/mol.